The highest BCUT2D eigenvalue weighted by atomic mass is 35.5. The van der Waals surface area contributed by atoms with E-state index in [0.717, 1.165) is 5.56 Å². The van der Waals surface area contributed by atoms with Crippen LogP contribution in [-0.2, 0) is 11.4 Å². The molecule has 4 aromatic rings. The number of hydrogen-bond donors (Lipinski definition) is 1. The van der Waals surface area contributed by atoms with Gasteiger partial charge in [-0.15, -0.1) is 0 Å². The van der Waals surface area contributed by atoms with Gasteiger partial charge in [0.25, 0.3) is 0 Å². The lowest BCUT2D eigenvalue weighted by atomic mass is 10.2. The van der Waals surface area contributed by atoms with E-state index >= 15 is 0 Å². The largest absolute Gasteiger partial charge is 0.493 e. The predicted octanol–water partition coefficient (Wildman–Crippen LogP) is 5.86. The summed E-state index contributed by atoms with van der Waals surface area (Å²) in [6.45, 7) is 0.362. The second kappa shape index (κ2) is 13.0. The molecule has 0 aliphatic carbocycles. The van der Waals surface area contributed by atoms with Crippen LogP contribution in [0.3, 0.4) is 0 Å². The van der Waals surface area contributed by atoms with Crippen molar-refractivity contribution in [2.24, 2.45) is 5.10 Å². The molecule has 0 unspecified atom stereocenters. The average Bonchev–Trinajstić information content (AvgIpc) is 2.94. The normalized spacial score (nSPS) is 10.8. The first-order valence-electron chi connectivity index (χ1n) is 11.4. The molecular formula is C29H25ClN2O5. The number of halogens is 1. The van der Waals surface area contributed by atoms with E-state index in [1.165, 1.54) is 6.21 Å². The number of amides is 1. The van der Waals surface area contributed by atoms with Gasteiger partial charge in [-0.05, 0) is 65.7 Å². The zero-order chi connectivity index (χ0) is 25.9. The van der Waals surface area contributed by atoms with Gasteiger partial charge in [-0.1, -0.05) is 60.1 Å². The number of methoxy groups -OCH3 is 1. The number of ether oxygens (including phenoxy) is 4. The Bertz CT molecular complexity index is 1270. The Kier molecular flexibility index (Phi) is 8.99. The van der Waals surface area contributed by atoms with Gasteiger partial charge in [-0.2, -0.15) is 5.10 Å². The van der Waals surface area contributed by atoms with E-state index in [-0.39, 0.29) is 0 Å². The van der Waals surface area contributed by atoms with Crippen LogP contribution in [0.1, 0.15) is 11.1 Å². The molecule has 8 heteroatoms. The molecule has 1 N–H and O–H groups in total. The molecule has 0 fully saturated rings. The van der Waals surface area contributed by atoms with E-state index in [9.17, 15) is 4.79 Å². The molecule has 0 aliphatic rings. The first-order valence-corrected chi connectivity index (χ1v) is 11.8. The quantitative estimate of drug-likeness (QED) is 0.153. The highest BCUT2D eigenvalue weighted by molar-refractivity contribution is 6.30. The number of carbonyl (C=O) groups excluding carboxylic acids is 1. The molecule has 0 aliphatic heterocycles. The van der Waals surface area contributed by atoms with Crippen molar-refractivity contribution in [3.05, 3.63) is 119 Å². The number of hydrogen-bond acceptors (Lipinski definition) is 6. The zero-order valence-corrected chi connectivity index (χ0v) is 20.8. The first-order chi connectivity index (χ1) is 18.1. The summed E-state index contributed by atoms with van der Waals surface area (Å²) in [5.41, 5.74) is 4.14. The standard InChI is InChI=1S/C29H25ClN2O5/c1-34-27-18-22(14-17-26(27)35-20-21-12-15-23(30)16-13-21)19-31-32-28(33)29(36-24-8-4-2-5-9-24)37-25-10-6-3-7-11-25/h2-19,29H,20H2,1H3,(H,32,33)/b31-19+. The van der Waals surface area contributed by atoms with E-state index in [1.54, 1.807) is 73.8 Å². The number of para-hydroxylation sites is 2. The Morgan fingerprint density at radius 2 is 1.49 bits per heavy atom. The predicted molar refractivity (Wildman–Crippen MR) is 142 cm³/mol. The molecule has 4 aromatic carbocycles. The third-order valence-corrected chi connectivity index (χ3v) is 5.32. The molecule has 0 atom stereocenters. The summed E-state index contributed by atoms with van der Waals surface area (Å²) in [6, 6.07) is 30.6. The monoisotopic (exact) mass is 516 g/mol. The van der Waals surface area contributed by atoms with E-state index < -0.39 is 12.2 Å². The molecule has 0 radical (unpaired) electrons. The van der Waals surface area contributed by atoms with Crippen LogP contribution in [0.5, 0.6) is 23.0 Å². The SMILES string of the molecule is COc1cc(/C=N/NC(=O)C(Oc2ccccc2)Oc2ccccc2)ccc1OCc1ccc(Cl)cc1. The van der Waals surface area contributed by atoms with E-state index in [2.05, 4.69) is 10.5 Å². The number of rotatable bonds is 11. The molecule has 188 valence electrons. The highest BCUT2D eigenvalue weighted by Gasteiger charge is 2.22. The van der Waals surface area contributed by atoms with Crippen molar-refractivity contribution in [1.29, 1.82) is 0 Å². The maximum absolute atomic E-state index is 12.8. The smallest absolute Gasteiger partial charge is 0.323 e. The summed E-state index contributed by atoms with van der Waals surface area (Å²) >= 11 is 5.93. The number of nitrogens with zero attached hydrogens (tertiary/aromatic N) is 1. The van der Waals surface area contributed by atoms with Crippen LogP contribution in [0.4, 0.5) is 0 Å². The summed E-state index contributed by atoms with van der Waals surface area (Å²) < 4.78 is 22.8. The topological polar surface area (TPSA) is 78.4 Å². The van der Waals surface area contributed by atoms with Crippen LogP contribution in [-0.4, -0.2) is 25.5 Å². The number of benzene rings is 4. The maximum Gasteiger partial charge on any atom is 0.323 e. The highest BCUT2D eigenvalue weighted by Crippen LogP contribution is 2.28. The third-order valence-electron chi connectivity index (χ3n) is 5.07. The summed E-state index contributed by atoms with van der Waals surface area (Å²) in [6.07, 6.45) is 0.242. The fourth-order valence-electron chi connectivity index (χ4n) is 3.22. The van der Waals surface area contributed by atoms with Crippen LogP contribution in [0.2, 0.25) is 5.02 Å². The van der Waals surface area contributed by atoms with Gasteiger partial charge in [-0.25, -0.2) is 5.43 Å². The molecule has 4 rings (SSSR count). The molecule has 0 aromatic heterocycles. The van der Waals surface area contributed by atoms with Gasteiger partial charge in [0.15, 0.2) is 11.5 Å². The molecule has 0 spiro atoms. The van der Waals surface area contributed by atoms with Gasteiger partial charge in [0, 0.05) is 5.02 Å². The Morgan fingerprint density at radius 3 is 2.08 bits per heavy atom. The zero-order valence-electron chi connectivity index (χ0n) is 20.0. The van der Waals surface area contributed by atoms with E-state index in [4.69, 9.17) is 30.5 Å². The summed E-state index contributed by atoms with van der Waals surface area (Å²) in [5, 5.41) is 4.73. The van der Waals surface area contributed by atoms with Crippen LogP contribution >= 0.6 is 11.6 Å². The minimum Gasteiger partial charge on any atom is -0.493 e. The molecule has 0 heterocycles. The Morgan fingerprint density at radius 1 is 0.865 bits per heavy atom. The van der Waals surface area contributed by atoms with E-state index in [0.29, 0.717) is 40.2 Å². The van der Waals surface area contributed by atoms with Gasteiger partial charge in [-0.3, -0.25) is 4.79 Å². The molecule has 0 saturated carbocycles. The van der Waals surface area contributed by atoms with Crippen molar-refractivity contribution in [1.82, 2.24) is 5.43 Å². The van der Waals surface area contributed by atoms with Crippen LogP contribution in [0, 0.1) is 0 Å². The molecule has 0 saturated heterocycles. The fourth-order valence-corrected chi connectivity index (χ4v) is 3.35. The van der Waals surface area contributed by atoms with Crippen LogP contribution in [0.25, 0.3) is 0 Å². The van der Waals surface area contributed by atoms with Crippen molar-refractivity contribution in [3.63, 3.8) is 0 Å². The van der Waals surface area contributed by atoms with Crippen molar-refractivity contribution in [3.8, 4) is 23.0 Å². The van der Waals surface area contributed by atoms with Gasteiger partial charge >= 0.3 is 12.2 Å². The number of hydrazone groups is 1. The lowest BCUT2D eigenvalue weighted by Gasteiger charge is -2.18. The summed E-state index contributed by atoms with van der Waals surface area (Å²) in [5.74, 6) is 1.51. The molecular weight excluding hydrogens is 492 g/mol. The van der Waals surface area contributed by atoms with Crippen molar-refractivity contribution < 1.29 is 23.7 Å². The average molecular weight is 517 g/mol. The lowest BCUT2D eigenvalue weighted by Crippen LogP contribution is -2.40. The number of nitrogens with one attached hydrogen (secondary N) is 1. The van der Waals surface area contributed by atoms with Crippen LogP contribution < -0.4 is 24.4 Å². The third kappa shape index (κ3) is 7.75. The van der Waals surface area contributed by atoms with Crippen molar-refractivity contribution >= 4 is 23.7 Å². The van der Waals surface area contributed by atoms with Gasteiger partial charge in [0.1, 0.15) is 18.1 Å². The second-order valence-corrected chi connectivity index (χ2v) is 8.19. The van der Waals surface area contributed by atoms with E-state index in [1.807, 2.05) is 36.4 Å². The van der Waals surface area contributed by atoms with Gasteiger partial charge < -0.3 is 18.9 Å². The molecule has 7 nitrogen and oxygen atoms in total. The Hall–Kier alpha value is -4.49. The second-order valence-electron chi connectivity index (χ2n) is 7.75. The minimum atomic E-state index is -1.25. The summed E-state index contributed by atoms with van der Waals surface area (Å²) in [7, 11) is 1.56. The van der Waals surface area contributed by atoms with Gasteiger partial charge in [0.2, 0.25) is 0 Å². The maximum atomic E-state index is 12.8. The van der Waals surface area contributed by atoms with Gasteiger partial charge in [0.05, 0.1) is 13.3 Å². The molecule has 0 bridgehead atoms. The fraction of sp³-hybridized carbons (Fsp3) is 0.103. The van der Waals surface area contributed by atoms with Crippen LogP contribution in [0.15, 0.2) is 108 Å². The number of carbonyl (C=O) groups is 1. The molecule has 37 heavy (non-hydrogen) atoms. The lowest BCUT2D eigenvalue weighted by molar-refractivity contribution is -0.140. The molecule has 1 amide bonds. The first kappa shape index (κ1) is 25.6. The Balaban J connectivity index is 1.39. The minimum absolute atomic E-state index is 0.362. The summed E-state index contributed by atoms with van der Waals surface area (Å²) in [4.78, 5) is 12.8. The van der Waals surface area contributed by atoms with Crippen molar-refractivity contribution in [2.45, 2.75) is 12.9 Å². The van der Waals surface area contributed by atoms with Crippen molar-refractivity contribution in [2.75, 3.05) is 7.11 Å². The Labute approximate surface area is 220 Å².